The van der Waals surface area contributed by atoms with Crippen molar-refractivity contribution in [1.29, 1.82) is 0 Å². The molecule has 96 valence electrons. The van der Waals surface area contributed by atoms with Crippen LogP contribution in [-0.2, 0) is 0 Å². The molecule has 1 heterocycles. The van der Waals surface area contributed by atoms with Gasteiger partial charge in [0.25, 0.3) is 5.91 Å². The number of pyridine rings is 1. The molecule has 0 atom stereocenters. The molecule has 0 saturated carbocycles. The van der Waals surface area contributed by atoms with Crippen molar-refractivity contribution in [1.82, 2.24) is 4.98 Å². The second-order valence-electron chi connectivity index (χ2n) is 4.28. The average Bonchev–Trinajstić information content (AvgIpc) is 2.39. The van der Waals surface area contributed by atoms with E-state index in [1.54, 1.807) is 42.7 Å². The molecular formula is C15H14N2O2. The molecule has 1 aromatic heterocycles. The zero-order valence-corrected chi connectivity index (χ0v) is 10.8. The van der Waals surface area contributed by atoms with Crippen molar-refractivity contribution in [2.45, 2.75) is 13.8 Å². The number of aromatic nitrogens is 1. The van der Waals surface area contributed by atoms with Crippen molar-refractivity contribution in [2.24, 2.45) is 0 Å². The normalized spacial score (nSPS) is 10.0. The fourth-order valence-corrected chi connectivity index (χ4v) is 1.74. The van der Waals surface area contributed by atoms with E-state index < -0.39 is 0 Å². The topological polar surface area (TPSA) is 59.1 Å². The van der Waals surface area contributed by atoms with Crippen LogP contribution in [0.5, 0.6) is 0 Å². The smallest absolute Gasteiger partial charge is 0.256 e. The first-order valence-corrected chi connectivity index (χ1v) is 5.91. The van der Waals surface area contributed by atoms with Crippen molar-refractivity contribution in [2.75, 3.05) is 5.32 Å². The summed E-state index contributed by atoms with van der Waals surface area (Å²) in [5.74, 6) is -0.239. The zero-order chi connectivity index (χ0) is 13.8. The third kappa shape index (κ3) is 3.04. The molecule has 2 rings (SSSR count). The van der Waals surface area contributed by atoms with Gasteiger partial charge in [-0.3, -0.25) is 14.6 Å². The number of aryl methyl sites for hydroxylation is 1. The number of nitrogens with one attached hydrogen (secondary N) is 1. The van der Waals surface area contributed by atoms with Gasteiger partial charge in [0, 0.05) is 29.2 Å². The van der Waals surface area contributed by atoms with Crippen molar-refractivity contribution in [3.63, 3.8) is 0 Å². The summed E-state index contributed by atoms with van der Waals surface area (Å²) < 4.78 is 0. The molecule has 0 aliphatic rings. The number of Topliss-reactive ketones (excluding diaryl/α,β-unsaturated/α-hetero) is 1. The van der Waals surface area contributed by atoms with Gasteiger partial charge in [0.1, 0.15) is 0 Å². The molecule has 0 bridgehead atoms. The van der Waals surface area contributed by atoms with Gasteiger partial charge < -0.3 is 5.32 Å². The predicted octanol–water partition coefficient (Wildman–Crippen LogP) is 2.84. The van der Waals surface area contributed by atoms with Crippen LogP contribution < -0.4 is 5.32 Å². The van der Waals surface area contributed by atoms with Gasteiger partial charge >= 0.3 is 0 Å². The summed E-state index contributed by atoms with van der Waals surface area (Å²) in [6, 6.07) is 8.54. The molecule has 1 N–H and O–H groups in total. The maximum Gasteiger partial charge on any atom is 0.256 e. The Kier molecular flexibility index (Phi) is 3.71. The zero-order valence-electron chi connectivity index (χ0n) is 10.8. The summed E-state index contributed by atoms with van der Waals surface area (Å²) in [6.07, 6.45) is 3.22. The first-order chi connectivity index (χ1) is 9.08. The van der Waals surface area contributed by atoms with E-state index in [0.717, 1.165) is 5.56 Å². The van der Waals surface area contributed by atoms with Crippen LogP contribution in [0.4, 0.5) is 5.69 Å². The molecule has 4 nitrogen and oxygen atoms in total. The number of carbonyl (C=O) groups excluding carboxylic acids is 2. The van der Waals surface area contributed by atoms with Crippen LogP contribution in [0.3, 0.4) is 0 Å². The van der Waals surface area contributed by atoms with E-state index in [2.05, 4.69) is 10.3 Å². The Bertz CT molecular complexity index is 636. The van der Waals surface area contributed by atoms with E-state index in [9.17, 15) is 9.59 Å². The lowest BCUT2D eigenvalue weighted by molar-refractivity contribution is 0.101. The molecule has 2 aromatic rings. The molecule has 0 fully saturated rings. The minimum atomic E-state index is -0.208. The molecule has 1 aromatic carbocycles. The van der Waals surface area contributed by atoms with Crippen molar-refractivity contribution in [3.8, 4) is 0 Å². The maximum absolute atomic E-state index is 12.1. The molecule has 0 unspecified atom stereocenters. The summed E-state index contributed by atoms with van der Waals surface area (Å²) in [4.78, 5) is 27.3. The Balaban J connectivity index is 2.22. The van der Waals surface area contributed by atoms with Crippen molar-refractivity contribution < 1.29 is 9.59 Å². The SMILES string of the molecule is CC(=O)c1cccc(NC(=O)c2ccncc2C)c1. The number of amides is 1. The average molecular weight is 254 g/mol. The van der Waals surface area contributed by atoms with Gasteiger partial charge in [-0.2, -0.15) is 0 Å². The van der Waals surface area contributed by atoms with Crippen LogP contribution >= 0.6 is 0 Å². The van der Waals surface area contributed by atoms with Gasteiger partial charge in [-0.15, -0.1) is 0 Å². The first-order valence-electron chi connectivity index (χ1n) is 5.91. The Morgan fingerprint density at radius 2 is 2.00 bits per heavy atom. The number of anilines is 1. The van der Waals surface area contributed by atoms with Gasteiger partial charge in [0.05, 0.1) is 0 Å². The molecule has 0 aliphatic carbocycles. The Labute approximate surface area is 111 Å². The van der Waals surface area contributed by atoms with Crippen LogP contribution in [0, 0.1) is 6.92 Å². The minimum Gasteiger partial charge on any atom is -0.322 e. The highest BCUT2D eigenvalue weighted by Gasteiger charge is 2.09. The predicted molar refractivity (Wildman–Crippen MR) is 73.4 cm³/mol. The van der Waals surface area contributed by atoms with Crippen LogP contribution in [0.25, 0.3) is 0 Å². The van der Waals surface area contributed by atoms with Gasteiger partial charge in [0.15, 0.2) is 5.78 Å². The van der Waals surface area contributed by atoms with Gasteiger partial charge in [-0.05, 0) is 37.6 Å². The molecule has 0 radical (unpaired) electrons. The third-order valence-electron chi connectivity index (χ3n) is 2.79. The Hall–Kier alpha value is -2.49. The number of hydrogen-bond acceptors (Lipinski definition) is 3. The Morgan fingerprint density at radius 3 is 2.68 bits per heavy atom. The molecule has 0 saturated heterocycles. The van der Waals surface area contributed by atoms with Gasteiger partial charge in [0.2, 0.25) is 0 Å². The standard InChI is InChI=1S/C15H14N2O2/c1-10-9-16-7-6-14(10)15(19)17-13-5-3-4-12(8-13)11(2)18/h3-9H,1-2H3,(H,17,19). The second kappa shape index (κ2) is 5.44. The minimum absolute atomic E-state index is 0.0313. The summed E-state index contributed by atoms with van der Waals surface area (Å²) in [5.41, 5.74) is 2.56. The largest absolute Gasteiger partial charge is 0.322 e. The van der Waals surface area contributed by atoms with E-state index >= 15 is 0 Å². The van der Waals surface area contributed by atoms with E-state index in [1.165, 1.54) is 6.92 Å². The lowest BCUT2D eigenvalue weighted by Crippen LogP contribution is -2.13. The molecular weight excluding hydrogens is 240 g/mol. The van der Waals surface area contributed by atoms with Crippen LogP contribution in [0.1, 0.15) is 33.2 Å². The number of ketones is 1. The molecule has 0 aliphatic heterocycles. The molecule has 1 amide bonds. The monoisotopic (exact) mass is 254 g/mol. The van der Waals surface area contributed by atoms with E-state index in [0.29, 0.717) is 16.8 Å². The quantitative estimate of drug-likeness (QED) is 0.857. The summed E-state index contributed by atoms with van der Waals surface area (Å²) in [7, 11) is 0. The van der Waals surface area contributed by atoms with Gasteiger partial charge in [-0.1, -0.05) is 12.1 Å². The highest BCUT2D eigenvalue weighted by molar-refractivity contribution is 6.05. The molecule has 19 heavy (non-hydrogen) atoms. The maximum atomic E-state index is 12.1. The number of carbonyl (C=O) groups is 2. The lowest BCUT2D eigenvalue weighted by atomic mass is 10.1. The number of nitrogens with zero attached hydrogens (tertiary/aromatic N) is 1. The summed E-state index contributed by atoms with van der Waals surface area (Å²) in [6.45, 7) is 3.32. The first kappa shape index (κ1) is 13.0. The second-order valence-corrected chi connectivity index (χ2v) is 4.28. The lowest BCUT2D eigenvalue weighted by Gasteiger charge is -2.08. The highest BCUT2D eigenvalue weighted by Crippen LogP contribution is 2.14. The van der Waals surface area contributed by atoms with Crippen LogP contribution in [-0.4, -0.2) is 16.7 Å². The summed E-state index contributed by atoms with van der Waals surface area (Å²) in [5, 5.41) is 2.78. The summed E-state index contributed by atoms with van der Waals surface area (Å²) >= 11 is 0. The van der Waals surface area contributed by atoms with E-state index in [1.807, 2.05) is 6.92 Å². The Morgan fingerprint density at radius 1 is 1.21 bits per heavy atom. The van der Waals surface area contributed by atoms with Gasteiger partial charge in [-0.25, -0.2) is 0 Å². The molecule has 4 heteroatoms. The number of rotatable bonds is 3. The molecule has 0 spiro atoms. The van der Waals surface area contributed by atoms with E-state index in [-0.39, 0.29) is 11.7 Å². The van der Waals surface area contributed by atoms with E-state index in [4.69, 9.17) is 0 Å². The van der Waals surface area contributed by atoms with Crippen LogP contribution in [0.15, 0.2) is 42.7 Å². The fraction of sp³-hybridized carbons (Fsp3) is 0.133. The third-order valence-corrected chi connectivity index (χ3v) is 2.79. The van der Waals surface area contributed by atoms with Crippen molar-refractivity contribution >= 4 is 17.4 Å². The van der Waals surface area contributed by atoms with Crippen LogP contribution in [0.2, 0.25) is 0 Å². The van der Waals surface area contributed by atoms with Crippen molar-refractivity contribution in [3.05, 3.63) is 59.4 Å². The number of hydrogen-bond donors (Lipinski definition) is 1. The number of benzene rings is 1. The fourth-order valence-electron chi connectivity index (χ4n) is 1.74. The highest BCUT2D eigenvalue weighted by atomic mass is 16.1.